The molecule has 0 heterocycles. The summed E-state index contributed by atoms with van der Waals surface area (Å²) in [6.07, 6.45) is -4.85. The Bertz CT molecular complexity index is 1780. The second kappa shape index (κ2) is 15.0. The molecule has 4 aromatic carbocycles. The van der Waals surface area contributed by atoms with Crippen molar-refractivity contribution in [2.75, 3.05) is 17.4 Å². The van der Waals surface area contributed by atoms with Crippen molar-refractivity contribution in [3.63, 3.8) is 0 Å². The third-order valence-corrected chi connectivity index (χ3v) is 9.56. The summed E-state index contributed by atoms with van der Waals surface area (Å²) in [5, 5.41) is 2.40. The molecule has 4 rings (SSSR count). The highest BCUT2D eigenvalue weighted by molar-refractivity contribution is 7.92. The zero-order chi connectivity index (χ0) is 33.5. The maximum absolute atomic E-state index is 14.4. The molecule has 0 fully saturated rings. The topological polar surface area (TPSA) is 86.8 Å². The average Bonchev–Trinajstić information content (AvgIpc) is 3.03. The molecule has 13 heteroatoms. The van der Waals surface area contributed by atoms with E-state index in [0.717, 1.165) is 17.7 Å². The molecule has 1 atom stereocenters. The molecule has 0 aliphatic carbocycles. The number of carbonyl (C=O) groups is 2. The fourth-order valence-corrected chi connectivity index (χ4v) is 6.64. The molecule has 0 unspecified atom stereocenters. The van der Waals surface area contributed by atoms with Crippen molar-refractivity contribution in [1.29, 1.82) is 0 Å². The van der Waals surface area contributed by atoms with Crippen LogP contribution in [0.15, 0.2) is 108 Å². The second-order valence-corrected chi connectivity index (χ2v) is 12.9. The largest absolute Gasteiger partial charge is 0.417 e. The molecule has 4 aromatic rings. The quantitative estimate of drug-likeness (QED) is 0.174. The van der Waals surface area contributed by atoms with Crippen LogP contribution in [-0.2, 0) is 38.8 Å². The number of carbonyl (C=O) groups excluding carboxylic acids is 2. The van der Waals surface area contributed by atoms with E-state index in [1.54, 1.807) is 67.6 Å². The van der Waals surface area contributed by atoms with Crippen LogP contribution in [0.5, 0.6) is 0 Å². The summed E-state index contributed by atoms with van der Waals surface area (Å²) in [4.78, 5) is 28.8. The van der Waals surface area contributed by atoms with Crippen molar-refractivity contribution in [1.82, 2.24) is 10.2 Å². The van der Waals surface area contributed by atoms with Crippen LogP contribution >= 0.6 is 23.2 Å². The summed E-state index contributed by atoms with van der Waals surface area (Å²) in [7, 11) is -4.61. The van der Waals surface area contributed by atoms with Crippen molar-refractivity contribution in [3.05, 3.63) is 130 Å². The number of benzene rings is 4. The van der Waals surface area contributed by atoms with Gasteiger partial charge in [-0.15, -0.1) is 0 Å². The number of sulfonamides is 1. The fraction of sp³-hybridized carbons (Fsp3) is 0.212. The van der Waals surface area contributed by atoms with Crippen LogP contribution in [0.1, 0.15) is 23.6 Å². The van der Waals surface area contributed by atoms with E-state index < -0.39 is 56.9 Å². The predicted octanol–water partition coefficient (Wildman–Crippen LogP) is 6.98. The van der Waals surface area contributed by atoms with Crippen LogP contribution in [0.4, 0.5) is 18.9 Å². The first-order valence-corrected chi connectivity index (χ1v) is 16.3. The first-order chi connectivity index (χ1) is 21.8. The summed E-state index contributed by atoms with van der Waals surface area (Å²) in [6, 6.07) is 24.0. The van der Waals surface area contributed by atoms with Gasteiger partial charge in [-0.2, -0.15) is 13.2 Å². The monoisotopic (exact) mass is 691 g/mol. The maximum Gasteiger partial charge on any atom is 0.417 e. The number of hydrogen-bond donors (Lipinski definition) is 1. The Hall–Kier alpha value is -4.06. The van der Waals surface area contributed by atoms with Gasteiger partial charge in [0.2, 0.25) is 11.8 Å². The minimum Gasteiger partial charge on any atom is -0.355 e. The molecular formula is C33H30Cl2F3N3O4S. The van der Waals surface area contributed by atoms with Gasteiger partial charge in [-0.3, -0.25) is 13.9 Å². The fourth-order valence-electron chi connectivity index (χ4n) is 4.79. The molecule has 1 N–H and O–H groups in total. The van der Waals surface area contributed by atoms with Crippen molar-refractivity contribution >= 4 is 50.7 Å². The zero-order valence-corrected chi connectivity index (χ0v) is 26.9. The Labute approximate surface area is 275 Å². The lowest BCUT2D eigenvalue weighted by Crippen LogP contribution is -2.53. The van der Waals surface area contributed by atoms with Crippen molar-refractivity contribution in [2.45, 2.75) is 37.0 Å². The molecule has 0 saturated carbocycles. The summed E-state index contributed by atoms with van der Waals surface area (Å²) < 4.78 is 70.2. The van der Waals surface area contributed by atoms with Crippen molar-refractivity contribution < 1.29 is 31.2 Å². The number of alkyl halides is 3. The first kappa shape index (κ1) is 34.8. The van der Waals surface area contributed by atoms with Gasteiger partial charge in [0, 0.05) is 24.5 Å². The van der Waals surface area contributed by atoms with Crippen molar-refractivity contribution in [2.24, 2.45) is 0 Å². The van der Waals surface area contributed by atoms with Gasteiger partial charge >= 0.3 is 6.18 Å². The Balaban J connectivity index is 1.86. The summed E-state index contributed by atoms with van der Waals surface area (Å²) >= 11 is 12.3. The molecule has 0 bridgehead atoms. The Morgan fingerprint density at radius 2 is 1.46 bits per heavy atom. The highest BCUT2D eigenvalue weighted by Gasteiger charge is 2.37. The minimum absolute atomic E-state index is 0.0630. The Kier molecular flexibility index (Phi) is 11.4. The summed E-state index contributed by atoms with van der Waals surface area (Å²) in [6.45, 7) is 0.828. The molecule has 0 aliphatic heterocycles. The molecule has 0 aromatic heterocycles. The minimum atomic E-state index is -4.91. The molecule has 0 radical (unpaired) electrons. The lowest BCUT2D eigenvalue weighted by atomic mass is 10.0. The van der Waals surface area contributed by atoms with Gasteiger partial charge in [0.15, 0.2) is 0 Å². The van der Waals surface area contributed by atoms with Crippen LogP contribution < -0.4 is 9.62 Å². The van der Waals surface area contributed by atoms with Crippen LogP contribution in [0.3, 0.4) is 0 Å². The SMILES string of the molecule is CCNC(=O)[C@@H](Cc1ccccc1)N(Cc1ccccc1Cl)C(=O)CN(c1ccc(Cl)c(C(F)(F)F)c1)S(=O)(=O)c1ccccc1. The van der Waals surface area contributed by atoms with E-state index in [1.807, 2.05) is 0 Å². The van der Waals surface area contributed by atoms with Gasteiger partial charge < -0.3 is 10.2 Å². The van der Waals surface area contributed by atoms with Gasteiger partial charge in [0.25, 0.3) is 10.0 Å². The highest BCUT2D eigenvalue weighted by Crippen LogP contribution is 2.38. The number of rotatable bonds is 12. The number of hydrogen-bond acceptors (Lipinski definition) is 4. The lowest BCUT2D eigenvalue weighted by Gasteiger charge is -2.34. The molecule has 2 amide bonds. The smallest absolute Gasteiger partial charge is 0.355 e. The molecular weight excluding hydrogens is 662 g/mol. The van der Waals surface area contributed by atoms with Crippen LogP contribution in [0.2, 0.25) is 10.0 Å². The molecule has 242 valence electrons. The third-order valence-electron chi connectivity index (χ3n) is 7.07. The molecule has 7 nitrogen and oxygen atoms in total. The summed E-state index contributed by atoms with van der Waals surface area (Å²) in [5.74, 6) is -1.36. The average molecular weight is 693 g/mol. The lowest BCUT2D eigenvalue weighted by molar-refractivity contribution is -0.140. The van der Waals surface area contributed by atoms with Gasteiger partial charge in [0.05, 0.1) is 21.2 Å². The molecule has 46 heavy (non-hydrogen) atoms. The number of nitrogens with one attached hydrogen (secondary N) is 1. The van der Waals surface area contributed by atoms with E-state index >= 15 is 0 Å². The normalized spacial score (nSPS) is 12.3. The number of anilines is 1. The van der Waals surface area contributed by atoms with Crippen LogP contribution in [0.25, 0.3) is 0 Å². The van der Waals surface area contributed by atoms with E-state index in [1.165, 1.54) is 29.2 Å². The third kappa shape index (κ3) is 8.39. The standard InChI is InChI=1S/C33H30Cl2F3N3O4S/c1-2-39-32(43)30(19-23-11-5-3-6-12-23)40(21-24-13-9-10-16-28(24)34)31(42)22-41(46(44,45)26-14-7-4-8-15-26)25-17-18-29(35)27(20-25)33(36,37)38/h3-18,20,30H,2,19,21-22H2,1H3,(H,39,43)/t30-/m1/s1. The Morgan fingerprint density at radius 3 is 2.07 bits per heavy atom. The van der Waals surface area contributed by atoms with E-state index in [2.05, 4.69) is 5.32 Å². The van der Waals surface area contributed by atoms with Crippen LogP contribution in [-0.4, -0.2) is 44.3 Å². The van der Waals surface area contributed by atoms with Gasteiger partial charge in [0.1, 0.15) is 12.6 Å². The van der Waals surface area contributed by atoms with Gasteiger partial charge in [-0.05, 0) is 54.4 Å². The highest BCUT2D eigenvalue weighted by atomic mass is 35.5. The van der Waals surface area contributed by atoms with Crippen LogP contribution in [0, 0.1) is 0 Å². The zero-order valence-electron chi connectivity index (χ0n) is 24.5. The second-order valence-electron chi connectivity index (χ2n) is 10.2. The Morgan fingerprint density at radius 1 is 0.848 bits per heavy atom. The predicted molar refractivity (Wildman–Crippen MR) is 172 cm³/mol. The molecule has 0 saturated heterocycles. The molecule has 0 aliphatic rings. The number of halogens is 5. The van der Waals surface area contributed by atoms with E-state index in [9.17, 15) is 31.2 Å². The first-order valence-electron chi connectivity index (χ1n) is 14.1. The number of nitrogens with zero attached hydrogens (tertiary/aromatic N) is 2. The number of likely N-dealkylation sites (N-methyl/N-ethyl adjacent to an activating group) is 1. The van der Waals surface area contributed by atoms with E-state index in [-0.39, 0.29) is 24.4 Å². The van der Waals surface area contributed by atoms with Crippen molar-refractivity contribution in [3.8, 4) is 0 Å². The van der Waals surface area contributed by atoms with Gasteiger partial charge in [-0.25, -0.2) is 8.42 Å². The van der Waals surface area contributed by atoms with E-state index in [4.69, 9.17) is 23.2 Å². The van der Waals surface area contributed by atoms with Gasteiger partial charge in [-0.1, -0.05) is 89.9 Å². The van der Waals surface area contributed by atoms with E-state index in [0.29, 0.717) is 21.0 Å². The maximum atomic E-state index is 14.4. The number of amides is 2. The summed E-state index contributed by atoms with van der Waals surface area (Å²) in [5.41, 5.74) is -0.519. The molecule has 0 spiro atoms.